The van der Waals surface area contributed by atoms with Crippen LogP contribution in [0.4, 0.5) is 0 Å². The van der Waals surface area contributed by atoms with Crippen LogP contribution in [-0.4, -0.2) is 90.8 Å². The zero-order chi connectivity index (χ0) is 16.7. The van der Waals surface area contributed by atoms with E-state index in [2.05, 4.69) is 80.1 Å². The van der Waals surface area contributed by atoms with Gasteiger partial charge in [0, 0.05) is 0 Å². The summed E-state index contributed by atoms with van der Waals surface area (Å²) in [4.78, 5) is 2.62. The van der Waals surface area contributed by atoms with Gasteiger partial charge in [-0.15, -0.1) is 0 Å². The van der Waals surface area contributed by atoms with E-state index in [0.29, 0.717) is 0 Å². The van der Waals surface area contributed by atoms with Gasteiger partial charge in [-0.25, -0.2) is 0 Å². The Labute approximate surface area is 148 Å². The molecule has 5 rings (SSSR count). The first-order valence-electron chi connectivity index (χ1n) is 8.98. The molecule has 3 fully saturated rings. The summed E-state index contributed by atoms with van der Waals surface area (Å²) in [5.74, 6) is 0. The second-order valence-electron chi connectivity index (χ2n) is 7.27. The molecular weight excluding hydrogens is 357 g/mol. The molecule has 2 aromatic carbocycles. The Hall–Kier alpha value is -0.917. The van der Waals surface area contributed by atoms with E-state index in [1.165, 1.54) is 30.4 Å². The minimum absolute atomic E-state index is 1.16. The van der Waals surface area contributed by atoms with Gasteiger partial charge < -0.3 is 0 Å². The molecular formula is C19H28GeN4. The maximum atomic E-state index is 2.73. The molecule has 0 spiro atoms. The molecule has 128 valence electrons. The van der Waals surface area contributed by atoms with Crippen molar-refractivity contribution in [2.75, 3.05) is 60.4 Å². The first kappa shape index (κ1) is 16.5. The molecule has 0 atom stereocenters. The van der Waals surface area contributed by atoms with Crippen LogP contribution in [0.1, 0.15) is 0 Å². The molecule has 3 aliphatic rings. The standard InChI is InChI=1S/C19H28GeN4/c1-21-11-14-24-15-12-22(2)20(21,23(3)13-16-24)19-10-6-8-17-7-4-5-9-18(17)19/h4-10H,11-16H2,1-3H3. The second-order valence-corrected chi connectivity index (χ2v) is 15.9. The molecule has 2 bridgehead atoms. The van der Waals surface area contributed by atoms with Gasteiger partial charge >= 0.3 is 148 Å². The fourth-order valence-electron chi connectivity index (χ4n) is 4.69. The molecule has 3 heterocycles. The number of rotatable bonds is 1. The van der Waals surface area contributed by atoms with Crippen LogP contribution in [0.2, 0.25) is 0 Å². The van der Waals surface area contributed by atoms with Crippen molar-refractivity contribution in [2.24, 2.45) is 0 Å². The number of hydrogen-bond acceptors (Lipinski definition) is 4. The first-order valence-corrected chi connectivity index (χ1v) is 12.8. The SMILES string of the molecule is C[N]1CCN2CC[N](C)[Ge]1([c]1cccc3ccccc13)[N](C)CC2. The van der Waals surface area contributed by atoms with Crippen molar-refractivity contribution in [2.45, 2.75) is 0 Å². The van der Waals surface area contributed by atoms with Crippen LogP contribution in [0.3, 0.4) is 0 Å². The molecule has 0 aromatic heterocycles. The predicted octanol–water partition coefficient (Wildman–Crippen LogP) is 1.11. The Bertz CT molecular complexity index is 693. The van der Waals surface area contributed by atoms with Crippen molar-refractivity contribution < 1.29 is 0 Å². The molecule has 4 nitrogen and oxygen atoms in total. The number of hydrogen-bond donors (Lipinski definition) is 0. The third-order valence-corrected chi connectivity index (χ3v) is 16.5. The molecule has 0 radical (unpaired) electrons. The van der Waals surface area contributed by atoms with Crippen LogP contribution in [0.25, 0.3) is 10.8 Å². The van der Waals surface area contributed by atoms with Gasteiger partial charge in [0.1, 0.15) is 0 Å². The fraction of sp³-hybridized carbons (Fsp3) is 0.474. The minimum atomic E-state index is -2.78. The third-order valence-electron chi connectivity index (χ3n) is 6.00. The van der Waals surface area contributed by atoms with Gasteiger partial charge in [0.2, 0.25) is 0 Å². The Morgan fingerprint density at radius 2 is 1.21 bits per heavy atom. The number of benzene rings is 2. The van der Waals surface area contributed by atoms with Gasteiger partial charge in [0.15, 0.2) is 0 Å². The average molecular weight is 385 g/mol. The van der Waals surface area contributed by atoms with E-state index < -0.39 is 13.9 Å². The molecule has 3 aliphatic heterocycles. The Morgan fingerprint density at radius 1 is 0.667 bits per heavy atom. The van der Waals surface area contributed by atoms with Crippen LogP contribution in [0.15, 0.2) is 42.5 Å². The predicted molar refractivity (Wildman–Crippen MR) is 104 cm³/mol. The van der Waals surface area contributed by atoms with Crippen LogP contribution in [0.5, 0.6) is 0 Å². The fourth-order valence-corrected chi connectivity index (χ4v) is 15.4. The summed E-state index contributed by atoms with van der Waals surface area (Å²) in [6, 6.07) is 15.9. The van der Waals surface area contributed by atoms with E-state index in [-0.39, 0.29) is 0 Å². The number of nitrogens with zero attached hydrogens (tertiary/aromatic N) is 4. The van der Waals surface area contributed by atoms with Gasteiger partial charge in [0.25, 0.3) is 0 Å². The quantitative estimate of drug-likeness (QED) is 0.683. The van der Waals surface area contributed by atoms with E-state index >= 15 is 0 Å². The average Bonchev–Trinajstić information content (AvgIpc) is 2.59. The summed E-state index contributed by atoms with van der Waals surface area (Å²) in [6.07, 6.45) is 0. The maximum absolute atomic E-state index is 2.78. The van der Waals surface area contributed by atoms with Crippen molar-refractivity contribution >= 4 is 29.1 Å². The number of fused-ring (bicyclic) bond motifs is 7. The van der Waals surface area contributed by atoms with E-state index in [1.807, 2.05) is 0 Å². The van der Waals surface area contributed by atoms with Crippen LogP contribution in [0, 0.1) is 0 Å². The zero-order valence-electron chi connectivity index (χ0n) is 15.1. The van der Waals surface area contributed by atoms with E-state index in [9.17, 15) is 0 Å². The van der Waals surface area contributed by atoms with Crippen molar-refractivity contribution in [3.8, 4) is 0 Å². The molecule has 2 aromatic rings. The topological polar surface area (TPSA) is 13.0 Å². The Kier molecular flexibility index (Phi) is 4.43. The van der Waals surface area contributed by atoms with E-state index in [0.717, 1.165) is 19.6 Å². The zero-order valence-corrected chi connectivity index (χ0v) is 17.2. The van der Waals surface area contributed by atoms with Gasteiger partial charge in [-0.3, -0.25) is 0 Å². The van der Waals surface area contributed by atoms with Gasteiger partial charge in [-0.1, -0.05) is 0 Å². The number of likely N-dealkylation sites (N-methyl/N-ethyl adjacent to an activating group) is 3. The molecule has 0 unspecified atom stereocenters. The Morgan fingerprint density at radius 3 is 1.83 bits per heavy atom. The van der Waals surface area contributed by atoms with Gasteiger partial charge in [-0.05, 0) is 0 Å². The Balaban J connectivity index is 1.98. The molecule has 0 N–H and O–H groups in total. The summed E-state index contributed by atoms with van der Waals surface area (Å²) in [5, 5.41) is 2.82. The van der Waals surface area contributed by atoms with E-state index in [1.54, 1.807) is 4.40 Å². The molecule has 0 amide bonds. The van der Waals surface area contributed by atoms with Crippen LogP contribution in [-0.2, 0) is 0 Å². The molecule has 0 aliphatic carbocycles. The first-order chi connectivity index (χ1) is 11.6. The third kappa shape index (κ3) is 2.44. The van der Waals surface area contributed by atoms with Gasteiger partial charge in [0.05, 0.1) is 0 Å². The monoisotopic (exact) mass is 386 g/mol. The van der Waals surface area contributed by atoms with Crippen LogP contribution < -0.4 is 4.40 Å². The van der Waals surface area contributed by atoms with Crippen molar-refractivity contribution in [1.82, 2.24) is 16.5 Å². The van der Waals surface area contributed by atoms with E-state index in [4.69, 9.17) is 0 Å². The summed E-state index contributed by atoms with van der Waals surface area (Å²) in [5.41, 5.74) is 0. The molecule has 3 saturated heterocycles. The van der Waals surface area contributed by atoms with Crippen LogP contribution >= 0.6 is 0 Å². The normalized spacial score (nSPS) is 30.2. The second kappa shape index (κ2) is 6.43. The molecule has 24 heavy (non-hydrogen) atoms. The molecule has 0 saturated carbocycles. The summed E-state index contributed by atoms with van der Waals surface area (Å²) in [7, 11) is 7.09. The summed E-state index contributed by atoms with van der Waals surface area (Å²) < 4.78 is 9.78. The van der Waals surface area contributed by atoms with Crippen molar-refractivity contribution in [3.05, 3.63) is 42.5 Å². The summed E-state index contributed by atoms with van der Waals surface area (Å²) in [6.45, 7) is 7.11. The van der Waals surface area contributed by atoms with Gasteiger partial charge in [-0.2, -0.15) is 0 Å². The van der Waals surface area contributed by atoms with Crippen molar-refractivity contribution in [3.63, 3.8) is 0 Å². The summed E-state index contributed by atoms with van der Waals surface area (Å²) >= 11 is -2.78. The molecule has 5 heteroatoms. The van der Waals surface area contributed by atoms with Crippen molar-refractivity contribution in [1.29, 1.82) is 0 Å².